The topological polar surface area (TPSA) is 82.6 Å². The Morgan fingerprint density at radius 3 is 2.41 bits per heavy atom. The molecule has 2 aromatic rings. The van der Waals surface area contributed by atoms with E-state index in [0.29, 0.717) is 25.1 Å². The Balaban J connectivity index is 1.45. The first-order chi connectivity index (χ1) is 14.1. The first-order valence-corrected chi connectivity index (χ1v) is 11.6. The standard InChI is InChI=1S/C21H26N4O3S/c26-21(23-17-11-12-20(22-16-17)24-13-5-2-6-14-24)19-10-7-15-25(19)29(27,28)18-8-3-1-4-9-18/h1,3-4,8-9,11-12,16,19H,2,5-7,10,13-15H2,(H,23,26). The first kappa shape index (κ1) is 19.8. The van der Waals surface area contributed by atoms with Crippen molar-refractivity contribution in [3.63, 3.8) is 0 Å². The molecule has 29 heavy (non-hydrogen) atoms. The molecular weight excluding hydrogens is 388 g/mol. The molecular formula is C21H26N4O3S. The zero-order valence-electron chi connectivity index (χ0n) is 16.3. The van der Waals surface area contributed by atoms with Crippen LogP contribution >= 0.6 is 0 Å². The van der Waals surface area contributed by atoms with Gasteiger partial charge in [-0.2, -0.15) is 4.31 Å². The highest BCUT2D eigenvalue weighted by atomic mass is 32.2. The average molecular weight is 415 g/mol. The van der Waals surface area contributed by atoms with E-state index in [-0.39, 0.29) is 10.8 Å². The normalized spacial score (nSPS) is 20.6. The lowest BCUT2D eigenvalue weighted by Gasteiger charge is -2.27. The van der Waals surface area contributed by atoms with E-state index in [9.17, 15) is 13.2 Å². The summed E-state index contributed by atoms with van der Waals surface area (Å²) >= 11 is 0. The third-order valence-corrected chi connectivity index (χ3v) is 7.47. The first-order valence-electron chi connectivity index (χ1n) is 10.1. The number of rotatable bonds is 5. The molecule has 154 valence electrons. The molecule has 7 nitrogen and oxygen atoms in total. The molecule has 1 atom stereocenters. The van der Waals surface area contributed by atoms with Crippen molar-refractivity contribution in [2.45, 2.75) is 43.0 Å². The summed E-state index contributed by atoms with van der Waals surface area (Å²) in [5, 5.41) is 2.84. The third-order valence-electron chi connectivity index (χ3n) is 5.55. The zero-order valence-corrected chi connectivity index (χ0v) is 17.1. The predicted molar refractivity (Wildman–Crippen MR) is 112 cm³/mol. The van der Waals surface area contributed by atoms with Gasteiger partial charge in [0, 0.05) is 19.6 Å². The summed E-state index contributed by atoms with van der Waals surface area (Å²) in [6.45, 7) is 2.36. The molecule has 2 aliphatic heterocycles. The van der Waals surface area contributed by atoms with E-state index in [1.54, 1.807) is 36.5 Å². The third kappa shape index (κ3) is 4.28. The van der Waals surface area contributed by atoms with Crippen molar-refractivity contribution in [3.05, 3.63) is 48.7 Å². The summed E-state index contributed by atoms with van der Waals surface area (Å²) in [6.07, 6.45) is 6.43. The number of carbonyl (C=O) groups is 1. The maximum atomic E-state index is 12.9. The van der Waals surface area contributed by atoms with Gasteiger partial charge >= 0.3 is 0 Å². The number of piperidine rings is 1. The predicted octanol–water partition coefficient (Wildman–Crippen LogP) is 2.86. The quantitative estimate of drug-likeness (QED) is 0.814. The van der Waals surface area contributed by atoms with Crippen LogP contribution in [-0.4, -0.2) is 49.3 Å². The van der Waals surface area contributed by atoms with Crippen LogP contribution < -0.4 is 10.2 Å². The Hall–Kier alpha value is -2.45. The highest BCUT2D eigenvalue weighted by Gasteiger charge is 2.39. The van der Waals surface area contributed by atoms with Crippen LogP contribution in [0.15, 0.2) is 53.6 Å². The second-order valence-electron chi connectivity index (χ2n) is 7.53. The van der Waals surface area contributed by atoms with Crippen LogP contribution in [0.4, 0.5) is 11.5 Å². The molecule has 2 saturated heterocycles. The number of carbonyl (C=O) groups excluding carboxylic acids is 1. The molecule has 1 aromatic heterocycles. The van der Waals surface area contributed by atoms with E-state index < -0.39 is 16.1 Å². The van der Waals surface area contributed by atoms with Gasteiger partial charge in [-0.05, 0) is 56.4 Å². The van der Waals surface area contributed by atoms with Gasteiger partial charge < -0.3 is 10.2 Å². The van der Waals surface area contributed by atoms with E-state index in [0.717, 1.165) is 18.9 Å². The Labute approximate surface area is 171 Å². The van der Waals surface area contributed by atoms with Gasteiger partial charge in [0.2, 0.25) is 15.9 Å². The van der Waals surface area contributed by atoms with E-state index in [1.807, 2.05) is 12.1 Å². The van der Waals surface area contributed by atoms with Crippen LogP contribution in [-0.2, 0) is 14.8 Å². The number of hydrogen-bond acceptors (Lipinski definition) is 5. The minimum atomic E-state index is -3.70. The van der Waals surface area contributed by atoms with Crippen molar-refractivity contribution in [3.8, 4) is 0 Å². The second-order valence-corrected chi connectivity index (χ2v) is 9.42. The van der Waals surface area contributed by atoms with Gasteiger partial charge in [0.25, 0.3) is 0 Å². The van der Waals surface area contributed by atoms with Gasteiger partial charge in [0.05, 0.1) is 16.8 Å². The SMILES string of the molecule is O=C(Nc1ccc(N2CCCCC2)nc1)C1CCCN1S(=O)(=O)c1ccccc1. The van der Waals surface area contributed by atoms with Crippen molar-refractivity contribution in [2.24, 2.45) is 0 Å². The molecule has 3 heterocycles. The zero-order chi connectivity index (χ0) is 20.3. The fraction of sp³-hybridized carbons (Fsp3) is 0.429. The number of sulfonamides is 1. The molecule has 0 aliphatic carbocycles. The average Bonchev–Trinajstić information content (AvgIpc) is 3.27. The molecule has 1 N–H and O–H groups in total. The van der Waals surface area contributed by atoms with Gasteiger partial charge in [-0.15, -0.1) is 0 Å². The smallest absolute Gasteiger partial charge is 0.243 e. The van der Waals surface area contributed by atoms with Gasteiger partial charge in [-0.1, -0.05) is 18.2 Å². The molecule has 1 aromatic carbocycles. The number of nitrogens with one attached hydrogen (secondary N) is 1. The lowest BCUT2D eigenvalue weighted by atomic mass is 10.1. The van der Waals surface area contributed by atoms with Gasteiger partial charge in [-0.25, -0.2) is 13.4 Å². The highest BCUT2D eigenvalue weighted by Crippen LogP contribution is 2.27. The van der Waals surface area contributed by atoms with Crippen molar-refractivity contribution in [2.75, 3.05) is 29.9 Å². The molecule has 1 unspecified atom stereocenters. The molecule has 0 radical (unpaired) electrons. The molecule has 1 amide bonds. The van der Waals surface area contributed by atoms with Gasteiger partial charge in [0.15, 0.2) is 0 Å². The summed E-state index contributed by atoms with van der Waals surface area (Å²) in [7, 11) is -3.70. The summed E-state index contributed by atoms with van der Waals surface area (Å²) in [4.78, 5) is 19.8. The van der Waals surface area contributed by atoms with E-state index >= 15 is 0 Å². The Morgan fingerprint density at radius 2 is 1.72 bits per heavy atom. The Bertz CT molecular complexity index is 942. The monoisotopic (exact) mass is 414 g/mol. The molecule has 0 bridgehead atoms. The van der Waals surface area contributed by atoms with E-state index in [4.69, 9.17) is 0 Å². The number of nitrogens with zero attached hydrogens (tertiary/aromatic N) is 3. The van der Waals surface area contributed by atoms with Crippen molar-refractivity contribution >= 4 is 27.4 Å². The fourth-order valence-corrected chi connectivity index (χ4v) is 5.69. The summed E-state index contributed by atoms with van der Waals surface area (Å²) in [6, 6.07) is 11.3. The molecule has 0 spiro atoms. The molecule has 2 fully saturated rings. The van der Waals surface area contributed by atoms with Crippen LogP contribution in [0.2, 0.25) is 0 Å². The lowest BCUT2D eigenvalue weighted by molar-refractivity contribution is -0.119. The lowest BCUT2D eigenvalue weighted by Crippen LogP contribution is -2.43. The van der Waals surface area contributed by atoms with Crippen molar-refractivity contribution < 1.29 is 13.2 Å². The van der Waals surface area contributed by atoms with Crippen LogP contribution in [0, 0.1) is 0 Å². The molecule has 8 heteroatoms. The molecule has 4 rings (SSSR count). The minimum Gasteiger partial charge on any atom is -0.357 e. The van der Waals surface area contributed by atoms with Crippen molar-refractivity contribution in [1.29, 1.82) is 0 Å². The minimum absolute atomic E-state index is 0.215. The molecule has 0 saturated carbocycles. The Kier molecular flexibility index (Phi) is 5.82. The number of aromatic nitrogens is 1. The van der Waals surface area contributed by atoms with Gasteiger partial charge in [0.1, 0.15) is 11.9 Å². The van der Waals surface area contributed by atoms with Crippen LogP contribution in [0.25, 0.3) is 0 Å². The van der Waals surface area contributed by atoms with Gasteiger partial charge in [-0.3, -0.25) is 4.79 Å². The van der Waals surface area contributed by atoms with Crippen LogP contribution in [0.3, 0.4) is 0 Å². The fourth-order valence-electron chi connectivity index (χ4n) is 4.01. The number of pyridine rings is 1. The number of anilines is 2. The number of benzene rings is 1. The Morgan fingerprint density at radius 1 is 0.966 bits per heavy atom. The maximum absolute atomic E-state index is 12.9. The largest absolute Gasteiger partial charge is 0.357 e. The number of amides is 1. The highest BCUT2D eigenvalue weighted by molar-refractivity contribution is 7.89. The number of hydrogen-bond donors (Lipinski definition) is 1. The summed E-state index contributed by atoms with van der Waals surface area (Å²) in [5.41, 5.74) is 0.583. The summed E-state index contributed by atoms with van der Waals surface area (Å²) in [5.74, 6) is 0.603. The summed E-state index contributed by atoms with van der Waals surface area (Å²) < 4.78 is 27.2. The second kappa shape index (κ2) is 8.51. The molecule has 2 aliphatic rings. The van der Waals surface area contributed by atoms with E-state index in [2.05, 4.69) is 15.2 Å². The van der Waals surface area contributed by atoms with Crippen LogP contribution in [0.1, 0.15) is 32.1 Å². The maximum Gasteiger partial charge on any atom is 0.243 e. The van der Waals surface area contributed by atoms with Crippen molar-refractivity contribution in [1.82, 2.24) is 9.29 Å². The van der Waals surface area contributed by atoms with E-state index in [1.165, 1.54) is 23.6 Å². The van der Waals surface area contributed by atoms with Crippen LogP contribution in [0.5, 0.6) is 0 Å².